The van der Waals surface area contributed by atoms with Gasteiger partial charge in [0.2, 0.25) is 0 Å². The molecule has 1 saturated heterocycles. The lowest BCUT2D eigenvalue weighted by atomic mass is 10.1. The van der Waals surface area contributed by atoms with Crippen LogP contribution in [0.4, 0.5) is 8.78 Å². The molecule has 0 aromatic rings. The van der Waals surface area contributed by atoms with Gasteiger partial charge in [-0.25, -0.2) is 8.78 Å². The minimum absolute atomic E-state index is 0.113. The second kappa shape index (κ2) is 4.33. The first kappa shape index (κ1) is 10.9. The minimum atomic E-state index is -2.57. The molecule has 2 nitrogen and oxygen atoms in total. The quantitative estimate of drug-likeness (QED) is 0.730. The number of alkyl halides is 2. The van der Waals surface area contributed by atoms with Gasteiger partial charge in [0, 0.05) is 13.0 Å². The molecule has 0 bridgehead atoms. The van der Waals surface area contributed by atoms with Crippen molar-refractivity contribution in [2.75, 3.05) is 19.6 Å². The smallest absolute Gasteiger partial charge is 0.257 e. The molecule has 0 amide bonds. The Morgan fingerprint density at radius 1 is 1.54 bits per heavy atom. The van der Waals surface area contributed by atoms with Crippen molar-refractivity contribution in [1.82, 2.24) is 4.90 Å². The lowest BCUT2D eigenvalue weighted by molar-refractivity contribution is -0.0182. The Kier molecular flexibility index (Phi) is 3.62. The first-order valence-corrected chi connectivity index (χ1v) is 4.85. The molecule has 0 radical (unpaired) electrons. The van der Waals surface area contributed by atoms with Crippen LogP contribution in [-0.2, 0) is 0 Å². The van der Waals surface area contributed by atoms with E-state index < -0.39 is 5.92 Å². The van der Waals surface area contributed by atoms with Gasteiger partial charge < -0.3 is 5.73 Å². The second-order valence-electron chi connectivity index (χ2n) is 3.91. The summed E-state index contributed by atoms with van der Waals surface area (Å²) in [7, 11) is 0. The van der Waals surface area contributed by atoms with Gasteiger partial charge in [0.25, 0.3) is 5.92 Å². The molecule has 1 aliphatic rings. The first-order valence-electron chi connectivity index (χ1n) is 4.85. The van der Waals surface area contributed by atoms with Crippen LogP contribution in [0, 0.1) is 0 Å². The van der Waals surface area contributed by atoms with Crippen LogP contribution >= 0.6 is 0 Å². The van der Waals surface area contributed by atoms with E-state index in [1.807, 2.05) is 4.90 Å². The van der Waals surface area contributed by atoms with Crippen molar-refractivity contribution in [3.05, 3.63) is 0 Å². The zero-order valence-electron chi connectivity index (χ0n) is 8.10. The summed E-state index contributed by atoms with van der Waals surface area (Å²) < 4.78 is 25.4. The van der Waals surface area contributed by atoms with Crippen LogP contribution in [0.25, 0.3) is 0 Å². The highest BCUT2D eigenvalue weighted by atomic mass is 19.3. The number of nitrogens with two attached hydrogens (primary N) is 1. The van der Waals surface area contributed by atoms with E-state index in [9.17, 15) is 8.78 Å². The summed E-state index contributed by atoms with van der Waals surface area (Å²) in [5, 5.41) is 0. The molecule has 0 aliphatic carbocycles. The molecule has 1 atom stereocenters. The SMILES string of the molecule is CC(F)(F)CN1CCCC1CCN. The highest BCUT2D eigenvalue weighted by molar-refractivity contribution is 4.82. The van der Waals surface area contributed by atoms with Crippen molar-refractivity contribution in [3.63, 3.8) is 0 Å². The standard InChI is InChI=1S/C9H18F2N2/c1-9(10,11)7-13-6-2-3-8(13)4-5-12/h8H,2-7,12H2,1H3. The van der Waals surface area contributed by atoms with Crippen molar-refractivity contribution < 1.29 is 8.78 Å². The maximum Gasteiger partial charge on any atom is 0.257 e. The second-order valence-corrected chi connectivity index (χ2v) is 3.91. The Morgan fingerprint density at radius 3 is 2.77 bits per heavy atom. The van der Waals surface area contributed by atoms with Gasteiger partial charge in [-0.2, -0.15) is 0 Å². The zero-order chi connectivity index (χ0) is 9.90. The molecule has 13 heavy (non-hydrogen) atoms. The summed E-state index contributed by atoms with van der Waals surface area (Å²) in [6, 6.07) is 0.288. The lowest BCUT2D eigenvalue weighted by Gasteiger charge is -2.26. The van der Waals surface area contributed by atoms with Gasteiger partial charge in [0.15, 0.2) is 0 Å². The minimum Gasteiger partial charge on any atom is -0.330 e. The first-order chi connectivity index (χ1) is 6.03. The van der Waals surface area contributed by atoms with Crippen molar-refractivity contribution in [2.24, 2.45) is 5.73 Å². The molecule has 0 aromatic heterocycles. The van der Waals surface area contributed by atoms with Gasteiger partial charge in [-0.3, -0.25) is 4.90 Å². The number of halogens is 2. The molecule has 1 fully saturated rings. The van der Waals surface area contributed by atoms with E-state index >= 15 is 0 Å². The summed E-state index contributed by atoms with van der Waals surface area (Å²) in [5.74, 6) is -2.57. The van der Waals surface area contributed by atoms with E-state index in [2.05, 4.69) is 0 Å². The largest absolute Gasteiger partial charge is 0.330 e. The van der Waals surface area contributed by atoms with Crippen LogP contribution in [-0.4, -0.2) is 36.5 Å². The maximum atomic E-state index is 12.7. The molecule has 1 heterocycles. The monoisotopic (exact) mass is 192 g/mol. The molecule has 0 aromatic carbocycles. The molecular weight excluding hydrogens is 174 g/mol. The van der Waals surface area contributed by atoms with E-state index in [0.717, 1.165) is 32.7 Å². The molecule has 78 valence electrons. The zero-order valence-corrected chi connectivity index (χ0v) is 8.10. The average molecular weight is 192 g/mol. The van der Waals surface area contributed by atoms with E-state index in [4.69, 9.17) is 5.73 Å². The van der Waals surface area contributed by atoms with E-state index in [1.165, 1.54) is 0 Å². The summed E-state index contributed by atoms with van der Waals surface area (Å²) >= 11 is 0. The van der Waals surface area contributed by atoms with Gasteiger partial charge in [-0.05, 0) is 32.4 Å². The predicted octanol–water partition coefficient (Wildman–Crippen LogP) is 1.45. The number of hydrogen-bond acceptors (Lipinski definition) is 2. The third-order valence-corrected chi connectivity index (χ3v) is 2.48. The van der Waals surface area contributed by atoms with Gasteiger partial charge in [-0.15, -0.1) is 0 Å². The fourth-order valence-corrected chi connectivity index (χ4v) is 1.98. The van der Waals surface area contributed by atoms with Crippen molar-refractivity contribution in [3.8, 4) is 0 Å². The average Bonchev–Trinajstić information content (AvgIpc) is 2.34. The van der Waals surface area contributed by atoms with E-state index in [-0.39, 0.29) is 12.6 Å². The lowest BCUT2D eigenvalue weighted by Crippen LogP contribution is -2.39. The van der Waals surface area contributed by atoms with Gasteiger partial charge in [0.05, 0.1) is 6.54 Å². The van der Waals surface area contributed by atoms with E-state index in [1.54, 1.807) is 0 Å². The Bertz CT molecular complexity index is 156. The number of nitrogens with zero attached hydrogens (tertiary/aromatic N) is 1. The highest BCUT2D eigenvalue weighted by Crippen LogP contribution is 2.24. The Morgan fingerprint density at radius 2 is 2.23 bits per heavy atom. The molecule has 1 rings (SSSR count). The predicted molar refractivity (Wildman–Crippen MR) is 48.9 cm³/mol. The topological polar surface area (TPSA) is 29.3 Å². The number of hydrogen-bond donors (Lipinski definition) is 1. The molecule has 0 spiro atoms. The van der Waals surface area contributed by atoms with Crippen LogP contribution in [0.3, 0.4) is 0 Å². The number of rotatable bonds is 4. The van der Waals surface area contributed by atoms with Gasteiger partial charge >= 0.3 is 0 Å². The summed E-state index contributed by atoms with van der Waals surface area (Å²) in [5.41, 5.74) is 5.42. The summed E-state index contributed by atoms with van der Waals surface area (Å²) in [6.45, 7) is 2.26. The Labute approximate surface area is 78.1 Å². The van der Waals surface area contributed by atoms with Crippen LogP contribution in [0.1, 0.15) is 26.2 Å². The summed E-state index contributed by atoms with van der Waals surface area (Å²) in [6.07, 6.45) is 2.89. The van der Waals surface area contributed by atoms with Crippen molar-refractivity contribution >= 4 is 0 Å². The van der Waals surface area contributed by atoms with Gasteiger partial charge in [-0.1, -0.05) is 0 Å². The molecule has 4 heteroatoms. The third kappa shape index (κ3) is 3.56. The molecular formula is C9H18F2N2. The Hall–Kier alpha value is -0.220. The maximum absolute atomic E-state index is 12.7. The molecule has 1 aliphatic heterocycles. The third-order valence-electron chi connectivity index (χ3n) is 2.48. The van der Waals surface area contributed by atoms with Crippen LogP contribution in [0.2, 0.25) is 0 Å². The fourth-order valence-electron chi connectivity index (χ4n) is 1.98. The molecule has 0 saturated carbocycles. The molecule has 1 unspecified atom stereocenters. The normalized spacial score (nSPS) is 25.4. The van der Waals surface area contributed by atoms with Crippen LogP contribution in [0.5, 0.6) is 0 Å². The van der Waals surface area contributed by atoms with Crippen molar-refractivity contribution in [1.29, 1.82) is 0 Å². The Balaban J connectivity index is 2.39. The summed E-state index contributed by atoms with van der Waals surface area (Å²) in [4.78, 5) is 1.87. The van der Waals surface area contributed by atoms with Crippen molar-refractivity contribution in [2.45, 2.75) is 38.2 Å². The highest BCUT2D eigenvalue weighted by Gasteiger charge is 2.31. The van der Waals surface area contributed by atoms with Gasteiger partial charge in [0.1, 0.15) is 0 Å². The molecule has 2 N–H and O–H groups in total. The number of likely N-dealkylation sites (tertiary alicyclic amines) is 1. The van der Waals surface area contributed by atoms with Crippen LogP contribution in [0.15, 0.2) is 0 Å². The van der Waals surface area contributed by atoms with Crippen LogP contribution < -0.4 is 5.73 Å². The fraction of sp³-hybridized carbons (Fsp3) is 1.00. The van der Waals surface area contributed by atoms with E-state index in [0.29, 0.717) is 6.54 Å².